The zero-order valence-electron chi connectivity index (χ0n) is 5.83. The largest absolute Gasteiger partial charge is 0.0839 e. The van der Waals surface area contributed by atoms with Crippen LogP contribution in [0.2, 0.25) is 0 Å². The minimum Gasteiger partial charge on any atom is -0.0839 e. The van der Waals surface area contributed by atoms with Crippen LogP contribution in [0.5, 0.6) is 0 Å². The van der Waals surface area contributed by atoms with E-state index in [4.69, 9.17) is 0 Å². The lowest BCUT2D eigenvalue weighted by Crippen LogP contribution is -2.06. The van der Waals surface area contributed by atoms with Gasteiger partial charge in [-0.05, 0) is 23.8 Å². The van der Waals surface area contributed by atoms with Gasteiger partial charge in [-0.15, -0.1) is 0 Å². The van der Waals surface area contributed by atoms with Crippen molar-refractivity contribution in [1.82, 2.24) is 0 Å². The standard InChI is InChI=1S/C10H10/c1-2-8-5-6-9-4-3-7(1)10(8)9/h1-5,7,9-10H,6H2/t7-,9-,10+/m0/s1. The third-order valence-electron chi connectivity index (χ3n) is 2.98. The minimum absolute atomic E-state index is 0.763. The molecule has 0 bridgehead atoms. The quantitative estimate of drug-likeness (QED) is 0.441. The smallest absolute Gasteiger partial charge is 0.00243 e. The summed E-state index contributed by atoms with van der Waals surface area (Å²) >= 11 is 0. The van der Waals surface area contributed by atoms with Crippen LogP contribution in [-0.2, 0) is 0 Å². The van der Waals surface area contributed by atoms with Crippen LogP contribution in [0.3, 0.4) is 0 Å². The van der Waals surface area contributed by atoms with Gasteiger partial charge >= 0.3 is 0 Å². The molecule has 3 atom stereocenters. The van der Waals surface area contributed by atoms with Crippen LogP contribution < -0.4 is 0 Å². The van der Waals surface area contributed by atoms with Gasteiger partial charge in [0, 0.05) is 5.92 Å². The monoisotopic (exact) mass is 130 g/mol. The Morgan fingerprint density at radius 2 is 2.20 bits per heavy atom. The molecule has 0 unspecified atom stereocenters. The van der Waals surface area contributed by atoms with Gasteiger partial charge in [0.25, 0.3) is 0 Å². The number of hydrogen-bond donors (Lipinski definition) is 0. The predicted octanol–water partition coefficient (Wildman–Crippen LogP) is 2.30. The SMILES string of the molecule is C1=C[C@H]2C=C[C@H]3CC=C1[C@@H]23. The first kappa shape index (κ1) is 4.95. The highest BCUT2D eigenvalue weighted by Crippen LogP contribution is 2.48. The fourth-order valence-electron chi connectivity index (χ4n) is 2.48. The van der Waals surface area contributed by atoms with Crippen LogP contribution in [0.1, 0.15) is 6.42 Å². The molecule has 10 heavy (non-hydrogen) atoms. The van der Waals surface area contributed by atoms with Gasteiger partial charge in [0.1, 0.15) is 0 Å². The summed E-state index contributed by atoms with van der Waals surface area (Å²) in [7, 11) is 0. The molecule has 0 N–H and O–H groups in total. The molecule has 0 spiro atoms. The molecule has 50 valence electrons. The van der Waals surface area contributed by atoms with Crippen LogP contribution >= 0.6 is 0 Å². The Labute approximate surface area is 60.9 Å². The summed E-state index contributed by atoms with van der Waals surface area (Å²) in [6.07, 6.45) is 13.1. The molecule has 0 aromatic heterocycles. The first-order valence-electron chi connectivity index (χ1n) is 4.02. The van der Waals surface area contributed by atoms with Crippen LogP contribution in [0.25, 0.3) is 0 Å². The normalized spacial score (nSPS) is 46.4. The molecule has 0 heterocycles. The number of hydrogen-bond acceptors (Lipinski definition) is 0. The third kappa shape index (κ3) is 0.406. The second-order valence-electron chi connectivity index (χ2n) is 3.45. The summed E-state index contributed by atoms with van der Waals surface area (Å²) < 4.78 is 0. The van der Waals surface area contributed by atoms with Gasteiger partial charge in [0.2, 0.25) is 0 Å². The lowest BCUT2D eigenvalue weighted by atomic mass is 9.92. The Bertz CT molecular complexity index is 255. The van der Waals surface area contributed by atoms with Crippen molar-refractivity contribution >= 4 is 0 Å². The molecule has 0 aromatic rings. The van der Waals surface area contributed by atoms with E-state index < -0.39 is 0 Å². The minimum atomic E-state index is 0.763. The summed E-state index contributed by atoms with van der Waals surface area (Å²) in [4.78, 5) is 0. The molecular formula is C10H10. The fraction of sp³-hybridized carbons (Fsp3) is 0.400. The maximum absolute atomic E-state index is 2.40. The number of allylic oxidation sites excluding steroid dienone is 6. The molecule has 3 aliphatic carbocycles. The Morgan fingerprint density at radius 1 is 1.20 bits per heavy atom. The Hall–Kier alpha value is -0.780. The molecule has 3 aliphatic rings. The fourth-order valence-corrected chi connectivity index (χ4v) is 2.48. The van der Waals surface area contributed by atoms with E-state index in [1.165, 1.54) is 6.42 Å². The average molecular weight is 130 g/mol. The highest BCUT2D eigenvalue weighted by molar-refractivity contribution is 5.41. The first-order chi connectivity index (χ1) is 4.95. The first-order valence-corrected chi connectivity index (χ1v) is 4.02. The van der Waals surface area contributed by atoms with Gasteiger partial charge in [-0.2, -0.15) is 0 Å². The van der Waals surface area contributed by atoms with Gasteiger partial charge in [0.05, 0.1) is 0 Å². The molecule has 0 saturated carbocycles. The van der Waals surface area contributed by atoms with Crippen molar-refractivity contribution < 1.29 is 0 Å². The highest BCUT2D eigenvalue weighted by atomic mass is 14.4. The second kappa shape index (κ2) is 1.45. The Kier molecular flexibility index (Phi) is 0.715. The van der Waals surface area contributed by atoms with Crippen molar-refractivity contribution in [3.05, 3.63) is 36.0 Å². The summed E-state index contributed by atoms with van der Waals surface area (Å²) in [6.45, 7) is 0. The third-order valence-corrected chi connectivity index (χ3v) is 2.98. The molecule has 0 nitrogen and oxygen atoms in total. The van der Waals surface area contributed by atoms with Gasteiger partial charge < -0.3 is 0 Å². The second-order valence-corrected chi connectivity index (χ2v) is 3.45. The van der Waals surface area contributed by atoms with Crippen LogP contribution in [0.4, 0.5) is 0 Å². The van der Waals surface area contributed by atoms with Crippen molar-refractivity contribution in [3.8, 4) is 0 Å². The van der Waals surface area contributed by atoms with E-state index in [0.717, 1.165) is 17.8 Å². The van der Waals surface area contributed by atoms with Gasteiger partial charge in [-0.1, -0.05) is 30.4 Å². The molecule has 0 amide bonds. The van der Waals surface area contributed by atoms with E-state index in [0.29, 0.717) is 0 Å². The maximum atomic E-state index is 2.40. The zero-order valence-corrected chi connectivity index (χ0v) is 5.83. The van der Waals surface area contributed by atoms with E-state index in [2.05, 4.69) is 30.4 Å². The Balaban J connectivity index is 2.16. The van der Waals surface area contributed by atoms with Crippen molar-refractivity contribution in [3.63, 3.8) is 0 Å². The van der Waals surface area contributed by atoms with Crippen molar-refractivity contribution in [1.29, 1.82) is 0 Å². The average Bonchev–Trinajstić information content (AvgIpc) is 2.56. The molecule has 0 saturated heterocycles. The molecule has 0 fully saturated rings. The van der Waals surface area contributed by atoms with Gasteiger partial charge in [-0.25, -0.2) is 0 Å². The van der Waals surface area contributed by atoms with Crippen molar-refractivity contribution in [2.75, 3.05) is 0 Å². The molecule has 0 aromatic carbocycles. The molecule has 3 rings (SSSR count). The van der Waals surface area contributed by atoms with Gasteiger partial charge in [0.15, 0.2) is 0 Å². The van der Waals surface area contributed by atoms with Crippen LogP contribution in [0, 0.1) is 17.8 Å². The van der Waals surface area contributed by atoms with Gasteiger partial charge in [-0.3, -0.25) is 0 Å². The van der Waals surface area contributed by atoms with E-state index >= 15 is 0 Å². The van der Waals surface area contributed by atoms with Crippen LogP contribution in [-0.4, -0.2) is 0 Å². The van der Waals surface area contributed by atoms with E-state index in [1.807, 2.05) is 0 Å². The van der Waals surface area contributed by atoms with E-state index in [-0.39, 0.29) is 0 Å². The summed E-state index contributed by atoms with van der Waals surface area (Å²) in [5, 5.41) is 0. The molecule has 0 radical (unpaired) electrons. The van der Waals surface area contributed by atoms with Crippen molar-refractivity contribution in [2.24, 2.45) is 17.8 Å². The summed E-state index contributed by atoms with van der Waals surface area (Å²) in [6, 6.07) is 0. The zero-order chi connectivity index (χ0) is 6.55. The van der Waals surface area contributed by atoms with Crippen LogP contribution in [0.15, 0.2) is 36.0 Å². The highest BCUT2D eigenvalue weighted by Gasteiger charge is 2.37. The lowest BCUT2D eigenvalue weighted by Gasteiger charge is -2.11. The lowest BCUT2D eigenvalue weighted by molar-refractivity contribution is 0.489. The summed E-state index contributed by atoms with van der Waals surface area (Å²) in [5.41, 5.74) is 1.60. The summed E-state index contributed by atoms with van der Waals surface area (Å²) in [5.74, 6) is 2.48. The molecule has 0 aliphatic heterocycles. The Morgan fingerprint density at radius 3 is 3.20 bits per heavy atom. The maximum Gasteiger partial charge on any atom is 0.00243 e. The molecular weight excluding hydrogens is 120 g/mol. The van der Waals surface area contributed by atoms with Crippen molar-refractivity contribution in [2.45, 2.75) is 6.42 Å². The van der Waals surface area contributed by atoms with E-state index in [9.17, 15) is 0 Å². The number of rotatable bonds is 0. The van der Waals surface area contributed by atoms with E-state index in [1.54, 1.807) is 5.57 Å². The predicted molar refractivity (Wildman–Crippen MR) is 41.5 cm³/mol. The molecule has 0 heteroatoms. The topological polar surface area (TPSA) is 0 Å².